The summed E-state index contributed by atoms with van der Waals surface area (Å²) in [6.45, 7) is 2.08. The van der Waals surface area contributed by atoms with Crippen LogP contribution in [0, 0.1) is 12.8 Å². The van der Waals surface area contributed by atoms with Crippen molar-refractivity contribution >= 4 is 27.3 Å². The Morgan fingerprint density at radius 1 is 1.15 bits per heavy atom. The molecule has 0 unspecified atom stereocenters. The lowest BCUT2D eigenvalue weighted by Gasteiger charge is -2.21. The number of thiophene rings is 1. The molecule has 0 spiro atoms. The normalized spacial score (nSPS) is 15.4. The molecule has 2 heterocycles. The van der Waals surface area contributed by atoms with Crippen LogP contribution < -0.4 is 5.73 Å². The van der Waals surface area contributed by atoms with Crippen LogP contribution in [0.1, 0.15) is 53.8 Å². The van der Waals surface area contributed by atoms with Crippen LogP contribution in [0.3, 0.4) is 0 Å². The second-order valence-corrected chi connectivity index (χ2v) is 8.34. The fourth-order valence-electron chi connectivity index (χ4n) is 3.83. The van der Waals surface area contributed by atoms with Gasteiger partial charge in [0.1, 0.15) is 0 Å². The number of aromatic nitrogens is 2. The number of primary amides is 1. The molecule has 1 saturated carbocycles. The van der Waals surface area contributed by atoms with Crippen molar-refractivity contribution in [3.05, 3.63) is 47.3 Å². The highest BCUT2D eigenvalue weighted by Crippen LogP contribution is 2.37. The van der Waals surface area contributed by atoms with Crippen molar-refractivity contribution in [1.29, 1.82) is 0 Å². The van der Waals surface area contributed by atoms with E-state index < -0.39 is 5.91 Å². The first kappa shape index (κ1) is 17.2. The van der Waals surface area contributed by atoms with E-state index in [0.717, 1.165) is 32.6 Å². The van der Waals surface area contributed by atoms with E-state index in [9.17, 15) is 4.79 Å². The maximum atomic E-state index is 11.8. The average Bonchev–Trinajstić information content (AvgIpc) is 3.09. The highest BCUT2D eigenvalue weighted by atomic mass is 32.1. The van der Waals surface area contributed by atoms with Gasteiger partial charge >= 0.3 is 0 Å². The number of rotatable bonds is 4. The molecule has 0 saturated heterocycles. The van der Waals surface area contributed by atoms with Crippen LogP contribution in [0.4, 0.5) is 0 Å². The lowest BCUT2D eigenvalue weighted by atomic mass is 9.85. The third-order valence-corrected chi connectivity index (χ3v) is 6.50. The van der Waals surface area contributed by atoms with Gasteiger partial charge in [0.25, 0.3) is 5.91 Å². The quantitative estimate of drug-likeness (QED) is 0.716. The summed E-state index contributed by atoms with van der Waals surface area (Å²) in [5, 5.41) is 9.62. The van der Waals surface area contributed by atoms with E-state index in [0.29, 0.717) is 5.92 Å². The highest BCUT2D eigenvalue weighted by molar-refractivity contribution is 7.22. The topological polar surface area (TPSA) is 68.9 Å². The van der Waals surface area contributed by atoms with Crippen molar-refractivity contribution < 1.29 is 4.79 Å². The molecule has 4 nitrogen and oxygen atoms in total. The SMILES string of the molecule is Cc1ccc(-c2cc3c(CC4CCCCC4)nnc(C(N)=O)c3s2)cc1. The lowest BCUT2D eigenvalue weighted by Crippen LogP contribution is -2.16. The molecule has 0 radical (unpaired) electrons. The third-order valence-electron chi connectivity index (χ3n) is 5.31. The number of aryl methyl sites for hydroxylation is 1. The molecular formula is C21H23N3OS. The lowest BCUT2D eigenvalue weighted by molar-refractivity contribution is 0.0996. The highest BCUT2D eigenvalue weighted by Gasteiger charge is 2.21. The number of amides is 1. The maximum Gasteiger partial charge on any atom is 0.270 e. The number of carbonyl (C=O) groups excluding carboxylic acids is 1. The van der Waals surface area contributed by atoms with E-state index in [2.05, 4.69) is 47.5 Å². The van der Waals surface area contributed by atoms with Crippen molar-refractivity contribution in [2.24, 2.45) is 11.7 Å². The standard InChI is InChI=1S/C21H23N3OS/c1-13-7-9-15(10-8-13)18-12-16-17(11-14-5-3-2-4-6-14)23-24-19(21(22)25)20(16)26-18/h7-10,12,14H,2-6,11H2,1H3,(H2,22,25). The van der Waals surface area contributed by atoms with Crippen molar-refractivity contribution in [3.8, 4) is 10.4 Å². The second kappa shape index (κ2) is 7.16. The molecule has 134 valence electrons. The van der Waals surface area contributed by atoms with Crippen LogP contribution in [-0.2, 0) is 6.42 Å². The summed E-state index contributed by atoms with van der Waals surface area (Å²) in [5.41, 5.74) is 9.22. The second-order valence-electron chi connectivity index (χ2n) is 7.29. The molecule has 3 aromatic rings. The molecule has 5 heteroatoms. The van der Waals surface area contributed by atoms with E-state index >= 15 is 0 Å². The molecule has 26 heavy (non-hydrogen) atoms. The van der Waals surface area contributed by atoms with E-state index in [1.807, 2.05) is 0 Å². The van der Waals surface area contributed by atoms with Gasteiger partial charge in [-0.2, -0.15) is 5.10 Å². The third kappa shape index (κ3) is 3.36. The van der Waals surface area contributed by atoms with Crippen molar-refractivity contribution in [3.63, 3.8) is 0 Å². The molecule has 0 bridgehead atoms. The van der Waals surface area contributed by atoms with Gasteiger partial charge in [0.05, 0.1) is 10.4 Å². The number of benzene rings is 1. The Bertz CT molecular complexity index is 940. The summed E-state index contributed by atoms with van der Waals surface area (Å²) in [5.74, 6) is 0.160. The Balaban J connectivity index is 1.78. The van der Waals surface area contributed by atoms with E-state index in [4.69, 9.17) is 5.73 Å². The summed E-state index contributed by atoms with van der Waals surface area (Å²) in [6.07, 6.45) is 7.41. The van der Waals surface area contributed by atoms with Crippen molar-refractivity contribution in [2.75, 3.05) is 0 Å². The summed E-state index contributed by atoms with van der Waals surface area (Å²) in [4.78, 5) is 13.0. The molecule has 1 aromatic carbocycles. The Morgan fingerprint density at radius 3 is 2.58 bits per heavy atom. The largest absolute Gasteiger partial charge is 0.364 e. The number of carbonyl (C=O) groups is 1. The van der Waals surface area contributed by atoms with Crippen LogP contribution in [-0.4, -0.2) is 16.1 Å². The van der Waals surface area contributed by atoms with Crippen molar-refractivity contribution in [2.45, 2.75) is 45.4 Å². The average molecular weight is 366 g/mol. The summed E-state index contributed by atoms with van der Waals surface area (Å²) in [6, 6.07) is 10.6. The summed E-state index contributed by atoms with van der Waals surface area (Å²) < 4.78 is 0.869. The first-order valence-electron chi connectivity index (χ1n) is 9.28. The smallest absolute Gasteiger partial charge is 0.270 e. The Labute approximate surface area is 157 Å². The van der Waals surface area contributed by atoms with Gasteiger partial charge in [0, 0.05) is 10.3 Å². The van der Waals surface area contributed by atoms with Gasteiger partial charge < -0.3 is 5.73 Å². The summed E-state index contributed by atoms with van der Waals surface area (Å²) >= 11 is 1.58. The Hall–Kier alpha value is -2.27. The van der Waals surface area contributed by atoms with Crippen molar-refractivity contribution in [1.82, 2.24) is 10.2 Å². The molecule has 1 aliphatic carbocycles. The monoisotopic (exact) mass is 365 g/mol. The minimum absolute atomic E-state index is 0.288. The van der Waals surface area contributed by atoms with Gasteiger partial charge in [-0.15, -0.1) is 16.4 Å². The number of fused-ring (bicyclic) bond motifs is 1. The molecule has 2 N–H and O–H groups in total. The van der Waals surface area contributed by atoms with Crippen LogP contribution >= 0.6 is 11.3 Å². The molecule has 2 aromatic heterocycles. The number of hydrogen-bond donors (Lipinski definition) is 1. The number of nitrogens with two attached hydrogens (primary N) is 1. The zero-order valence-electron chi connectivity index (χ0n) is 15.0. The van der Waals surface area contributed by atoms with Gasteiger partial charge in [-0.05, 0) is 30.9 Å². The predicted octanol–water partition coefficient (Wildman–Crippen LogP) is 4.89. The van der Waals surface area contributed by atoms with Crippen LogP contribution in [0.15, 0.2) is 30.3 Å². The maximum absolute atomic E-state index is 11.8. The van der Waals surface area contributed by atoms with Crippen LogP contribution in [0.5, 0.6) is 0 Å². The van der Waals surface area contributed by atoms with E-state index in [1.165, 1.54) is 37.7 Å². The molecule has 1 amide bonds. The summed E-state index contributed by atoms with van der Waals surface area (Å²) in [7, 11) is 0. The molecule has 0 atom stereocenters. The zero-order valence-corrected chi connectivity index (χ0v) is 15.8. The molecule has 1 aliphatic rings. The fraction of sp³-hybridized carbons (Fsp3) is 0.381. The van der Waals surface area contributed by atoms with Gasteiger partial charge in [-0.3, -0.25) is 4.79 Å². The van der Waals surface area contributed by atoms with Gasteiger partial charge in [0.2, 0.25) is 0 Å². The zero-order chi connectivity index (χ0) is 18.1. The molecule has 4 rings (SSSR count). The minimum atomic E-state index is -0.510. The van der Waals surface area contributed by atoms with Crippen LogP contribution in [0.2, 0.25) is 0 Å². The van der Waals surface area contributed by atoms with E-state index in [1.54, 1.807) is 11.3 Å². The molecule has 0 aliphatic heterocycles. The van der Waals surface area contributed by atoms with E-state index in [-0.39, 0.29) is 5.69 Å². The predicted molar refractivity (Wildman–Crippen MR) is 106 cm³/mol. The minimum Gasteiger partial charge on any atom is -0.364 e. The van der Waals surface area contributed by atoms with Gasteiger partial charge in [0.15, 0.2) is 5.69 Å². The van der Waals surface area contributed by atoms with Gasteiger partial charge in [-0.1, -0.05) is 61.9 Å². The Morgan fingerprint density at radius 2 is 1.88 bits per heavy atom. The number of hydrogen-bond acceptors (Lipinski definition) is 4. The molecule has 1 fully saturated rings. The number of nitrogens with zero attached hydrogens (tertiary/aromatic N) is 2. The first-order chi connectivity index (χ1) is 12.6. The van der Waals surface area contributed by atoms with Crippen LogP contribution in [0.25, 0.3) is 20.5 Å². The first-order valence-corrected chi connectivity index (χ1v) is 10.1. The Kier molecular flexibility index (Phi) is 4.72. The molecular weight excluding hydrogens is 342 g/mol. The fourth-order valence-corrected chi connectivity index (χ4v) is 5.00. The van der Waals surface area contributed by atoms with Gasteiger partial charge in [-0.25, -0.2) is 0 Å².